The van der Waals surface area contributed by atoms with Gasteiger partial charge in [0.1, 0.15) is 22.9 Å². The zero-order valence-electron chi connectivity index (χ0n) is 13.1. The molecule has 1 N–H and O–H groups in total. The highest BCUT2D eigenvalue weighted by Crippen LogP contribution is 2.21. The normalized spacial score (nSPS) is 12.0. The summed E-state index contributed by atoms with van der Waals surface area (Å²) in [7, 11) is 0. The second-order valence-corrected chi connectivity index (χ2v) is 5.28. The van der Waals surface area contributed by atoms with Crippen molar-refractivity contribution in [2.75, 3.05) is 5.32 Å². The van der Waals surface area contributed by atoms with Crippen LogP contribution >= 0.6 is 0 Å². The molecule has 1 atom stereocenters. The monoisotopic (exact) mass is 345 g/mol. The minimum absolute atomic E-state index is 0.0714. The van der Waals surface area contributed by atoms with E-state index in [0.717, 1.165) is 12.1 Å². The molecule has 3 aromatic rings. The zero-order chi connectivity index (χ0) is 18.0. The second-order valence-electron chi connectivity index (χ2n) is 5.28. The number of amides is 1. The van der Waals surface area contributed by atoms with Crippen LogP contribution in [0, 0.1) is 11.6 Å². The van der Waals surface area contributed by atoms with Gasteiger partial charge in [0, 0.05) is 5.39 Å². The van der Waals surface area contributed by atoms with E-state index in [4.69, 9.17) is 9.15 Å². The highest BCUT2D eigenvalue weighted by atomic mass is 19.1. The van der Waals surface area contributed by atoms with Crippen LogP contribution in [0.5, 0.6) is 0 Å². The molecule has 1 aromatic heterocycles. The van der Waals surface area contributed by atoms with E-state index >= 15 is 0 Å². The number of hydrogen-bond donors (Lipinski definition) is 1. The Bertz CT molecular complexity index is 898. The number of carbonyl (C=O) groups is 2. The lowest BCUT2D eigenvalue weighted by molar-refractivity contribution is -0.123. The Labute approximate surface area is 141 Å². The molecule has 0 aliphatic heterocycles. The Balaban J connectivity index is 1.69. The number of fused-ring (bicyclic) bond motifs is 1. The SMILES string of the molecule is C[C@H](OC(=O)c1cc2ccccc2o1)C(=O)Nc1c(F)cccc1F. The minimum Gasteiger partial charge on any atom is -0.449 e. The van der Waals surface area contributed by atoms with Crippen molar-refractivity contribution < 1.29 is 27.5 Å². The number of esters is 1. The number of carbonyl (C=O) groups excluding carboxylic acids is 2. The van der Waals surface area contributed by atoms with Gasteiger partial charge in [-0.2, -0.15) is 0 Å². The average molecular weight is 345 g/mol. The summed E-state index contributed by atoms with van der Waals surface area (Å²) in [6.45, 7) is 1.29. The van der Waals surface area contributed by atoms with Crippen LogP contribution in [0.15, 0.2) is 52.9 Å². The lowest BCUT2D eigenvalue weighted by atomic mass is 10.2. The van der Waals surface area contributed by atoms with E-state index in [1.54, 1.807) is 24.3 Å². The molecule has 25 heavy (non-hydrogen) atoms. The number of benzene rings is 2. The van der Waals surface area contributed by atoms with Gasteiger partial charge in [-0.05, 0) is 31.2 Å². The molecule has 0 radical (unpaired) electrons. The maximum Gasteiger partial charge on any atom is 0.375 e. The number of nitrogens with one attached hydrogen (secondary N) is 1. The molecule has 3 rings (SSSR count). The fourth-order valence-corrected chi connectivity index (χ4v) is 2.20. The molecule has 0 aliphatic carbocycles. The van der Waals surface area contributed by atoms with Crippen molar-refractivity contribution in [3.05, 3.63) is 65.9 Å². The van der Waals surface area contributed by atoms with E-state index in [1.807, 2.05) is 0 Å². The van der Waals surface area contributed by atoms with Crippen LogP contribution in [-0.4, -0.2) is 18.0 Å². The van der Waals surface area contributed by atoms with Crippen LogP contribution in [0.2, 0.25) is 0 Å². The van der Waals surface area contributed by atoms with E-state index in [9.17, 15) is 18.4 Å². The van der Waals surface area contributed by atoms with Crippen molar-refractivity contribution in [1.82, 2.24) is 0 Å². The van der Waals surface area contributed by atoms with Crippen molar-refractivity contribution in [1.29, 1.82) is 0 Å². The molecule has 1 heterocycles. The first kappa shape index (κ1) is 16.6. The van der Waals surface area contributed by atoms with Crippen LogP contribution in [0.1, 0.15) is 17.5 Å². The molecular formula is C18H13F2NO4. The third-order valence-corrected chi connectivity index (χ3v) is 3.49. The van der Waals surface area contributed by atoms with Crippen molar-refractivity contribution in [3.8, 4) is 0 Å². The summed E-state index contributed by atoms with van der Waals surface area (Å²) in [5.74, 6) is -3.65. The van der Waals surface area contributed by atoms with Gasteiger partial charge in [0.15, 0.2) is 6.10 Å². The lowest BCUT2D eigenvalue weighted by Crippen LogP contribution is -2.30. The largest absolute Gasteiger partial charge is 0.449 e. The Morgan fingerprint density at radius 2 is 1.76 bits per heavy atom. The number of halogens is 2. The molecule has 7 heteroatoms. The Morgan fingerprint density at radius 1 is 1.08 bits per heavy atom. The Kier molecular flexibility index (Phi) is 4.47. The first-order valence-corrected chi connectivity index (χ1v) is 7.40. The smallest absolute Gasteiger partial charge is 0.375 e. The summed E-state index contributed by atoms with van der Waals surface area (Å²) in [5.41, 5.74) is -0.0980. The number of hydrogen-bond acceptors (Lipinski definition) is 4. The molecule has 1 amide bonds. The van der Waals surface area contributed by atoms with Crippen LogP contribution in [0.4, 0.5) is 14.5 Å². The maximum absolute atomic E-state index is 13.5. The molecule has 128 valence electrons. The second kappa shape index (κ2) is 6.72. The number of ether oxygens (including phenoxy) is 1. The maximum atomic E-state index is 13.5. The lowest BCUT2D eigenvalue weighted by Gasteiger charge is -2.13. The van der Waals surface area contributed by atoms with Gasteiger partial charge in [-0.1, -0.05) is 24.3 Å². The summed E-state index contributed by atoms with van der Waals surface area (Å²) in [5, 5.41) is 2.77. The summed E-state index contributed by atoms with van der Waals surface area (Å²) < 4.78 is 37.4. The van der Waals surface area contributed by atoms with Crippen LogP contribution in [0.25, 0.3) is 11.0 Å². The van der Waals surface area contributed by atoms with Crippen molar-refractivity contribution >= 4 is 28.5 Å². The molecular weight excluding hydrogens is 332 g/mol. The fourth-order valence-electron chi connectivity index (χ4n) is 2.20. The van der Waals surface area contributed by atoms with E-state index < -0.39 is 35.3 Å². The summed E-state index contributed by atoms with van der Waals surface area (Å²) >= 11 is 0. The average Bonchev–Trinajstić information content (AvgIpc) is 3.02. The number of furan rings is 1. The van der Waals surface area contributed by atoms with Gasteiger partial charge < -0.3 is 14.5 Å². The number of para-hydroxylation sites is 2. The molecule has 0 aliphatic rings. The fraction of sp³-hybridized carbons (Fsp3) is 0.111. The van der Waals surface area contributed by atoms with Gasteiger partial charge >= 0.3 is 5.97 Å². The van der Waals surface area contributed by atoms with Crippen molar-refractivity contribution in [2.45, 2.75) is 13.0 Å². The van der Waals surface area contributed by atoms with Gasteiger partial charge in [0.25, 0.3) is 5.91 Å². The summed E-state index contributed by atoms with van der Waals surface area (Å²) in [6, 6.07) is 11.6. The topological polar surface area (TPSA) is 68.5 Å². The first-order valence-electron chi connectivity index (χ1n) is 7.40. The van der Waals surface area contributed by atoms with E-state index in [0.29, 0.717) is 11.0 Å². The molecule has 0 saturated carbocycles. The summed E-state index contributed by atoms with van der Waals surface area (Å²) in [4.78, 5) is 24.1. The molecule has 0 fully saturated rings. The summed E-state index contributed by atoms with van der Waals surface area (Å²) in [6.07, 6.45) is -1.28. The highest BCUT2D eigenvalue weighted by molar-refractivity contribution is 5.98. The quantitative estimate of drug-likeness (QED) is 0.728. The standard InChI is InChI=1S/C18H13F2NO4/c1-10(17(22)21-16-12(19)6-4-7-13(16)20)24-18(23)15-9-11-5-2-3-8-14(11)25-15/h2-10H,1H3,(H,21,22)/t10-/m0/s1. The Hall–Kier alpha value is -3.22. The zero-order valence-corrected chi connectivity index (χ0v) is 13.1. The van der Waals surface area contributed by atoms with Crippen LogP contribution in [0.3, 0.4) is 0 Å². The molecule has 0 bridgehead atoms. The third-order valence-electron chi connectivity index (χ3n) is 3.49. The highest BCUT2D eigenvalue weighted by Gasteiger charge is 2.23. The minimum atomic E-state index is -1.28. The number of rotatable bonds is 4. The van der Waals surface area contributed by atoms with Gasteiger partial charge in [-0.25, -0.2) is 13.6 Å². The van der Waals surface area contributed by atoms with Gasteiger partial charge in [0.05, 0.1) is 0 Å². The molecule has 0 saturated heterocycles. The first-order chi connectivity index (χ1) is 12.0. The van der Waals surface area contributed by atoms with Crippen molar-refractivity contribution in [2.24, 2.45) is 0 Å². The predicted octanol–water partition coefficient (Wildman–Crippen LogP) is 3.90. The van der Waals surface area contributed by atoms with Gasteiger partial charge in [-0.15, -0.1) is 0 Å². The molecule has 0 spiro atoms. The van der Waals surface area contributed by atoms with Crippen LogP contribution in [-0.2, 0) is 9.53 Å². The van der Waals surface area contributed by atoms with E-state index in [-0.39, 0.29) is 5.76 Å². The Morgan fingerprint density at radius 3 is 2.44 bits per heavy atom. The van der Waals surface area contributed by atoms with Gasteiger partial charge in [-0.3, -0.25) is 4.79 Å². The molecule has 0 unspecified atom stereocenters. The van der Waals surface area contributed by atoms with Gasteiger partial charge in [0.2, 0.25) is 5.76 Å². The van der Waals surface area contributed by atoms with Crippen LogP contribution < -0.4 is 5.32 Å². The van der Waals surface area contributed by atoms with Crippen molar-refractivity contribution in [3.63, 3.8) is 0 Å². The number of anilines is 1. The van der Waals surface area contributed by atoms with E-state index in [2.05, 4.69) is 5.32 Å². The van der Waals surface area contributed by atoms with E-state index in [1.165, 1.54) is 19.1 Å². The predicted molar refractivity (Wildman–Crippen MR) is 86.1 cm³/mol. The molecule has 5 nitrogen and oxygen atoms in total. The molecule has 2 aromatic carbocycles. The third kappa shape index (κ3) is 3.50.